The van der Waals surface area contributed by atoms with Crippen LogP contribution in [0.1, 0.15) is 47.0 Å². The number of rotatable bonds is 5. The fourth-order valence-electron chi connectivity index (χ4n) is 1.04. The topological polar surface area (TPSA) is 37.3 Å². The van der Waals surface area contributed by atoms with Gasteiger partial charge in [-0.2, -0.15) is 0 Å². The Morgan fingerprint density at radius 2 is 1.92 bits per heavy atom. The molecule has 0 spiro atoms. The normalized spacial score (nSPS) is 14.8. The Labute approximate surface area is 100 Å². The van der Waals surface area contributed by atoms with Gasteiger partial charge in [0.1, 0.15) is 0 Å². The van der Waals surface area contributed by atoms with Gasteiger partial charge in [0.2, 0.25) is 0 Å². The second-order valence-corrected chi connectivity index (χ2v) is 4.15. The van der Waals surface area contributed by atoms with Crippen LogP contribution in [0, 0.1) is 11.3 Å². The zero-order valence-corrected chi connectivity index (χ0v) is 14.8. The molecule has 2 nitrogen and oxygen atoms in total. The van der Waals surface area contributed by atoms with E-state index in [1.54, 1.807) is 0 Å². The van der Waals surface area contributed by atoms with Crippen molar-refractivity contribution in [1.29, 1.82) is 0 Å². The molecule has 0 aromatic rings. The van der Waals surface area contributed by atoms with Crippen molar-refractivity contribution in [3.63, 3.8) is 0 Å². The van der Waals surface area contributed by atoms with E-state index in [4.69, 9.17) is 5.11 Å². The minimum atomic E-state index is -0.661. The second kappa shape index (κ2) is 6.75. The van der Waals surface area contributed by atoms with Crippen LogP contribution in [-0.4, -0.2) is 37.3 Å². The molecule has 1 N–H and O–H groups in total. The number of hydrogen-bond donors (Lipinski definition) is 1. The Morgan fingerprint density at radius 3 is 2.15 bits per heavy atom. The summed E-state index contributed by atoms with van der Waals surface area (Å²) in [5, 5.41) is 8.95. The molecule has 80 valence electrons. The Bertz CT molecular complexity index is 157. The van der Waals surface area contributed by atoms with Gasteiger partial charge in [-0.1, -0.05) is 20.8 Å². The van der Waals surface area contributed by atoms with E-state index in [0.29, 0.717) is 5.92 Å². The van der Waals surface area contributed by atoms with Gasteiger partial charge in [0.05, 0.1) is 5.41 Å². The fourth-order valence-corrected chi connectivity index (χ4v) is 1.04. The molecule has 0 fully saturated rings. The summed E-state index contributed by atoms with van der Waals surface area (Å²) in [6.45, 7) is 8.02. The number of aliphatic carboxylic acids is 1. The molecule has 0 aromatic carbocycles. The third kappa shape index (κ3) is 5.62. The van der Waals surface area contributed by atoms with Gasteiger partial charge in [-0.3, -0.25) is 4.79 Å². The number of carbonyl (C=O) groups is 1. The van der Waals surface area contributed by atoms with Crippen LogP contribution in [0.15, 0.2) is 0 Å². The van der Waals surface area contributed by atoms with E-state index >= 15 is 0 Å². The van der Waals surface area contributed by atoms with Gasteiger partial charge in [-0.15, -0.1) is 0 Å². The van der Waals surface area contributed by atoms with E-state index < -0.39 is 11.4 Å². The number of carboxylic acids is 1. The molecular weight excluding hydrogens is 361 g/mol. The van der Waals surface area contributed by atoms with Crippen LogP contribution in [0.25, 0.3) is 0 Å². The molecule has 1 atom stereocenters. The van der Waals surface area contributed by atoms with E-state index in [-0.39, 0.29) is 26.2 Å². The minimum absolute atomic E-state index is 0. The number of hydrogen-bond acceptors (Lipinski definition) is 1. The van der Waals surface area contributed by atoms with Gasteiger partial charge in [-0.25, -0.2) is 0 Å². The van der Waals surface area contributed by atoms with Gasteiger partial charge in [0, 0.05) is 0 Å². The van der Waals surface area contributed by atoms with Crippen LogP contribution in [0.3, 0.4) is 0 Å². The van der Waals surface area contributed by atoms with Gasteiger partial charge in [-0.05, 0) is 32.1 Å². The van der Waals surface area contributed by atoms with Crippen molar-refractivity contribution < 1.29 is 9.90 Å². The first kappa shape index (κ1) is 15.8. The molecule has 0 saturated heterocycles. The first-order chi connectivity index (χ1) is 5.42. The van der Waals surface area contributed by atoms with Gasteiger partial charge in [0.15, 0.2) is 0 Å². The summed E-state index contributed by atoms with van der Waals surface area (Å²) in [7, 11) is 0. The van der Waals surface area contributed by atoms with Crippen LogP contribution in [0.5, 0.6) is 0 Å². The maximum absolute atomic E-state index is 10.9. The third-order valence-electron chi connectivity index (χ3n) is 2.57. The van der Waals surface area contributed by atoms with E-state index in [1.807, 2.05) is 13.8 Å². The third-order valence-corrected chi connectivity index (χ3v) is 2.57. The molecule has 0 radical (unpaired) electrons. The van der Waals surface area contributed by atoms with E-state index in [2.05, 4.69) is 13.8 Å². The van der Waals surface area contributed by atoms with Crippen molar-refractivity contribution >= 4 is 32.2 Å². The Hall–Kier alpha value is 0.353. The molecule has 0 aromatic heterocycles. The van der Waals surface area contributed by atoms with Crippen LogP contribution in [0.2, 0.25) is 0 Å². The molecule has 0 aliphatic rings. The summed E-state index contributed by atoms with van der Waals surface area (Å²) in [6, 6.07) is 0. The summed E-state index contributed by atoms with van der Waals surface area (Å²) in [4.78, 5) is 10.9. The van der Waals surface area contributed by atoms with Gasteiger partial charge in [0.25, 0.3) is 0 Å². The predicted octanol–water partition coefficient (Wildman–Crippen LogP) is 1.74. The van der Waals surface area contributed by atoms with Crippen molar-refractivity contribution in [1.82, 2.24) is 0 Å². The molecule has 0 aliphatic heterocycles. The van der Waals surface area contributed by atoms with E-state index in [0.717, 1.165) is 19.3 Å². The van der Waals surface area contributed by atoms with Crippen LogP contribution in [0.4, 0.5) is 0 Å². The molecule has 0 amide bonds. The van der Waals surface area contributed by atoms with Crippen molar-refractivity contribution in [2.45, 2.75) is 47.0 Å². The second-order valence-electron chi connectivity index (χ2n) is 4.15. The molecular formula is C10H23BiO2. The first-order valence-corrected chi connectivity index (χ1v) is 4.65. The van der Waals surface area contributed by atoms with Crippen molar-refractivity contribution in [2.24, 2.45) is 11.3 Å². The van der Waals surface area contributed by atoms with Crippen molar-refractivity contribution in [2.75, 3.05) is 0 Å². The summed E-state index contributed by atoms with van der Waals surface area (Å²) in [5.74, 6) is -0.0686. The average Bonchev–Trinajstić information content (AvgIpc) is 1.99. The Morgan fingerprint density at radius 1 is 1.46 bits per heavy atom. The monoisotopic (exact) mass is 384 g/mol. The molecule has 0 saturated carbocycles. The summed E-state index contributed by atoms with van der Waals surface area (Å²) >= 11 is 0. The zero-order valence-electron chi connectivity index (χ0n) is 9.26. The Balaban J connectivity index is 0. The van der Waals surface area contributed by atoms with E-state index in [1.165, 1.54) is 0 Å². The van der Waals surface area contributed by atoms with Crippen LogP contribution < -0.4 is 0 Å². The van der Waals surface area contributed by atoms with E-state index in [9.17, 15) is 4.79 Å². The molecule has 0 heterocycles. The summed E-state index contributed by atoms with van der Waals surface area (Å²) < 4.78 is 0. The van der Waals surface area contributed by atoms with Gasteiger partial charge < -0.3 is 5.11 Å². The maximum atomic E-state index is 10.9. The molecule has 3 heteroatoms. The summed E-state index contributed by atoms with van der Waals surface area (Å²) in [6.07, 6.45) is 2.50. The average molecular weight is 384 g/mol. The first-order valence-electron chi connectivity index (χ1n) is 4.65. The van der Waals surface area contributed by atoms with Gasteiger partial charge >= 0.3 is 32.2 Å². The summed E-state index contributed by atoms with van der Waals surface area (Å²) in [5.41, 5.74) is -0.510. The van der Waals surface area contributed by atoms with Crippen molar-refractivity contribution in [3.05, 3.63) is 0 Å². The molecule has 1 unspecified atom stereocenters. The molecule has 0 aliphatic carbocycles. The zero-order chi connectivity index (χ0) is 9.78. The van der Waals surface area contributed by atoms with Crippen LogP contribution >= 0.6 is 0 Å². The van der Waals surface area contributed by atoms with Crippen LogP contribution in [-0.2, 0) is 4.79 Å². The van der Waals surface area contributed by atoms with Crippen molar-refractivity contribution in [3.8, 4) is 0 Å². The standard InChI is InChI=1S/C10H20O2.Bi.3H/c1-5-10(4,9(11)12)7-6-8(2)3;;;;/h8H,5-7H2,1-4H3,(H,11,12);;;;. The Kier molecular flexibility index (Phi) is 8.21. The number of carboxylic acid groups (broad SMARTS) is 1. The fraction of sp³-hybridized carbons (Fsp3) is 0.900. The molecule has 0 bridgehead atoms. The molecule has 0 rings (SSSR count). The molecule has 13 heavy (non-hydrogen) atoms. The SMILES string of the molecule is CCC(C)(CCC(C)C)C(=O)O.[BiH3]. The quantitative estimate of drug-likeness (QED) is 0.734. The predicted molar refractivity (Wildman–Crippen MR) is 60.0 cm³/mol.